The van der Waals surface area contributed by atoms with Crippen LogP contribution in [0.5, 0.6) is 0 Å². The van der Waals surface area contributed by atoms with Crippen LogP contribution in [0.15, 0.2) is 48.5 Å². The molecule has 5 heteroatoms. The second-order valence-electron chi connectivity index (χ2n) is 6.86. The van der Waals surface area contributed by atoms with Gasteiger partial charge in [-0.2, -0.15) is 0 Å². The van der Waals surface area contributed by atoms with E-state index in [9.17, 15) is 4.39 Å². The molecule has 3 nitrogen and oxygen atoms in total. The summed E-state index contributed by atoms with van der Waals surface area (Å²) in [5.41, 5.74) is 5.50. The van der Waals surface area contributed by atoms with E-state index in [0.717, 1.165) is 65.8 Å². The van der Waals surface area contributed by atoms with E-state index in [1.165, 1.54) is 17.7 Å². The van der Waals surface area contributed by atoms with Gasteiger partial charge < -0.3 is 0 Å². The molecule has 3 aromatic rings. The smallest absolute Gasteiger partial charge is 0.129 e. The van der Waals surface area contributed by atoms with Crippen LogP contribution >= 0.6 is 11.6 Å². The number of nitrogens with zero attached hydrogens (tertiary/aromatic N) is 3. The fourth-order valence-corrected chi connectivity index (χ4v) is 3.63. The molecule has 0 saturated carbocycles. The van der Waals surface area contributed by atoms with Gasteiger partial charge in [0.15, 0.2) is 0 Å². The summed E-state index contributed by atoms with van der Waals surface area (Å²) in [6, 6.07) is 14.6. The third-order valence-electron chi connectivity index (χ3n) is 4.94. The predicted octanol–water partition coefficient (Wildman–Crippen LogP) is 5.06. The highest BCUT2D eigenvalue weighted by Crippen LogP contribution is 2.30. The Labute approximate surface area is 163 Å². The molecule has 0 bridgehead atoms. The van der Waals surface area contributed by atoms with Gasteiger partial charge in [0.2, 0.25) is 0 Å². The van der Waals surface area contributed by atoms with Crippen molar-refractivity contribution in [1.82, 2.24) is 14.9 Å². The van der Waals surface area contributed by atoms with Crippen LogP contribution in [0.2, 0.25) is 5.02 Å². The van der Waals surface area contributed by atoms with Gasteiger partial charge in [-0.1, -0.05) is 42.8 Å². The predicted molar refractivity (Wildman–Crippen MR) is 106 cm³/mol. The lowest BCUT2D eigenvalue weighted by Gasteiger charge is -2.29. The second-order valence-corrected chi connectivity index (χ2v) is 7.30. The summed E-state index contributed by atoms with van der Waals surface area (Å²) in [5.74, 6) is 0.680. The Bertz CT molecular complexity index is 939. The lowest BCUT2D eigenvalue weighted by molar-refractivity contribution is 0.243. The largest absolute Gasteiger partial charge is 0.294 e. The molecule has 4 rings (SSSR count). The van der Waals surface area contributed by atoms with Crippen LogP contribution in [0.4, 0.5) is 4.39 Å². The molecule has 1 aliphatic rings. The van der Waals surface area contributed by atoms with Gasteiger partial charge in [-0.05, 0) is 29.8 Å². The summed E-state index contributed by atoms with van der Waals surface area (Å²) in [7, 11) is 0. The van der Waals surface area contributed by atoms with Crippen molar-refractivity contribution in [2.75, 3.05) is 6.54 Å². The Hall–Kier alpha value is -2.30. The number of fused-ring (bicyclic) bond motifs is 1. The van der Waals surface area contributed by atoms with Gasteiger partial charge >= 0.3 is 0 Å². The molecule has 138 valence electrons. The van der Waals surface area contributed by atoms with E-state index < -0.39 is 0 Å². The maximum Gasteiger partial charge on any atom is 0.129 e. The van der Waals surface area contributed by atoms with Crippen molar-refractivity contribution in [3.8, 4) is 11.3 Å². The average molecular weight is 382 g/mol. The Morgan fingerprint density at radius 2 is 1.78 bits per heavy atom. The van der Waals surface area contributed by atoms with E-state index in [2.05, 4.69) is 11.8 Å². The highest BCUT2D eigenvalue weighted by atomic mass is 35.5. The molecule has 0 N–H and O–H groups in total. The molecule has 2 aromatic carbocycles. The Morgan fingerprint density at radius 1 is 1.04 bits per heavy atom. The van der Waals surface area contributed by atoms with Gasteiger partial charge in [-0.25, -0.2) is 14.4 Å². The van der Waals surface area contributed by atoms with Crippen molar-refractivity contribution < 1.29 is 4.39 Å². The maximum absolute atomic E-state index is 13.2. The zero-order chi connectivity index (χ0) is 18.8. The number of aromatic nitrogens is 2. The molecule has 0 spiro atoms. The third-order valence-corrected chi connectivity index (χ3v) is 5.19. The fourth-order valence-electron chi connectivity index (χ4n) is 3.51. The summed E-state index contributed by atoms with van der Waals surface area (Å²) in [5, 5.41) is 0.718. The van der Waals surface area contributed by atoms with Gasteiger partial charge in [-0.3, -0.25) is 4.90 Å². The summed E-state index contributed by atoms with van der Waals surface area (Å²) < 4.78 is 13.2. The molecule has 0 saturated heterocycles. The van der Waals surface area contributed by atoms with Gasteiger partial charge in [0.05, 0.1) is 11.4 Å². The van der Waals surface area contributed by atoms with Crippen molar-refractivity contribution in [2.45, 2.75) is 32.9 Å². The van der Waals surface area contributed by atoms with Gasteiger partial charge in [0.1, 0.15) is 11.6 Å². The monoisotopic (exact) mass is 381 g/mol. The SMILES string of the molecule is CCc1nc2c(c(-c3ccc(Cl)cc3)n1)CN(Cc1ccc(F)cc1)CC2. The topological polar surface area (TPSA) is 29.0 Å². The summed E-state index contributed by atoms with van der Waals surface area (Å²) in [6.45, 7) is 4.59. The molecule has 0 amide bonds. The van der Waals surface area contributed by atoms with E-state index in [-0.39, 0.29) is 5.82 Å². The zero-order valence-corrected chi connectivity index (χ0v) is 16.0. The van der Waals surface area contributed by atoms with Crippen molar-refractivity contribution >= 4 is 11.6 Å². The van der Waals surface area contributed by atoms with Crippen LogP contribution in [0.25, 0.3) is 11.3 Å². The van der Waals surface area contributed by atoms with E-state index in [4.69, 9.17) is 21.6 Å². The molecule has 1 aliphatic heterocycles. The first-order chi connectivity index (χ1) is 13.1. The number of rotatable bonds is 4. The van der Waals surface area contributed by atoms with Crippen molar-refractivity contribution in [1.29, 1.82) is 0 Å². The summed E-state index contributed by atoms with van der Waals surface area (Å²) in [4.78, 5) is 12.0. The molecule has 0 radical (unpaired) electrons. The first kappa shape index (κ1) is 18.1. The molecule has 0 unspecified atom stereocenters. The van der Waals surface area contributed by atoms with E-state index in [1.54, 1.807) is 0 Å². The molecule has 27 heavy (non-hydrogen) atoms. The number of benzene rings is 2. The molecule has 0 fully saturated rings. The highest BCUT2D eigenvalue weighted by molar-refractivity contribution is 6.30. The van der Waals surface area contributed by atoms with Crippen molar-refractivity contribution in [3.05, 3.63) is 82.0 Å². The van der Waals surface area contributed by atoms with E-state index in [1.807, 2.05) is 36.4 Å². The Balaban J connectivity index is 1.66. The van der Waals surface area contributed by atoms with E-state index >= 15 is 0 Å². The minimum atomic E-state index is -0.201. The standard InChI is InChI=1S/C22H21ClFN3/c1-2-21-25-20-11-12-27(13-15-3-9-18(24)10-4-15)14-19(20)22(26-21)16-5-7-17(23)8-6-16/h3-10H,2,11-14H2,1H3. The minimum Gasteiger partial charge on any atom is -0.294 e. The van der Waals surface area contributed by atoms with Crippen LogP contribution < -0.4 is 0 Å². The lowest BCUT2D eigenvalue weighted by Crippen LogP contribution is -2.31. The number of halogens is 2. The fraction of sp³-hybridized carbons (Fsp3) is 0.273. The average Bonchev–Trinajstić information content (AvgIpc) is 2.69. The molecule has 2 heterocycles. The van der Waals surface area contributed by atoms with Gasteiger partial charge in [0, 0.05) is 48.6 Å². The summed E-state index contributed by atoms with van der Waals surface area (Å²) in [6.07, 6.45) is 1.71. The van der Waals surface area contributed by atoms with E-state index in [0.29, 0.717) is 0 Å². The van der Waals surface area contributed by atoms with Crippen LogP contribution in [-0.2, 0) is 25.9 Å². The minimum absolute atomic E-state index is 0.201. The number of hydrogen-bond acceptors (Lipinski definition) is 3. The summed E-state index contributed by atoms with van der Waals surface area (Å²) >= 11 is 6.06. The van der Waals surface area contributed by atoms with Crippen molar-refractivity contribution in [3.63, 3.8) is 0 Å². The quantitative estimate of drug-likeness (QED) is 0.632. The van der Waals surface area contributed by atoms with Crippen LogP contribution in [0.3, 0.4) is 0 Å². The van der Waals surface area contributed by atoms with Crippen molar-refractivity contribution in [2.24, 2.45) is 0 Å². The zero-order valence-electron chi connectivity index (χ0n) is 15.3. The normalized spacial score (nSPS) is 14.2. The molecular formula is C22H21ClFN3. The second kappa shape index (κ2) is 7.75. The number of aryl methyl sites for hydroxylation is 1. The molecule has 0 atom stereocenters. The number of hydrogen-bond donors (Lipinski definition) is 0. The van der Waals surface area contributed by atoms with Crippen LogP contribution in [-0.4, -0.2) is 21.4 Å². The molecule has 0 aliphatic carbocycles. The maximum atomic E-state index is 13.2. The molecule has 1 aromatic heterocycles. The highest BCUT2D eigenvalue weighted by Gasteiger charge is 2.23. The molecular weight excluding hydrogens is 361 g/mol. The first-order valence-electron chi connectivity index (χ1n) is 9.24. The Morgan fingerprint density at radius 3 is 2.48 bits per heavy atom. The van der Waals surface area contributed by atoms with Gasteiger partial charge in [0.25, 0.3) is 0 Å². The van der Waals surface area contributed by atoms with Crippen LogP contribution in [0.1, 0.15) is 29.6 Å². The van der Waals surface area contributed by atoms with Crippen LogP contribution in [0, 0.1) is 5.82 Å². The van der Waals surface area contributed by atoms with Gasteiger partial charge in [-0.15, -0.1) is 0 Å². The first-order valence-corrected chi connectivity index (χ1v) is 9.61. The lowest BCUT2D eigenvalue weighted by atomic mass is 9.98. The Kier molecular flexibility index (Phi) is 5.19. The third kappa shape index (κ3) is 4.02.